The Morgan fingerprint density at radius 3 is 2.78 bits per heavy atom. The summed E-state index contributed by atoms with van der Waals surface area (Å²) in [6.07, 6.45) is 0. The molecule has 0 spiro atoms. The van der Waals surface area contributed by atoms with E-state index in [1.165, 1.54) is 15.7 Å². The predicted octanol–water partition coefficient (Wildman–Crippen LogP) is 3.84. The zero-order valence-corrected chi connectivity index (χ0v) is 10.5. The lowest BCUT2D eigenvalue weighted by atomic mass is 10.1. The molecular weight excluding hydrogens is 242 g/mol. The molecule has 0 amide bonds. The topological polar surface area (TPSA) is 25.4 Å². The second-order valence-electron chi connectivity index (χ2n) is 4.38. The minimum atomic E-state index is 0.335. The van der Waals surface area contributed by atoms with Crippen molar-refractivity contribution in [3.05, 3.63) is 48.5 Å². The fraction of sp³-hybridized carbons (Fsp3) is 0.133. The zero-order valence-electron chi connectivity index (χ0n) is 9.67. The van der Waals surface area contributed by atoms with Gasteiger partial charge in [0.2, 0.25) is 0 Å². The lowest BCUT2D eigenvalue weighted by Crippen LogP contribution is -1.85. The van der Waals surface area contributed by atoms with E-state index in [-0.39, 0.29) is 0 Å². The van der Waals surface area contributed by atoms with Crippen LogP contribution in [0.15, 0.2) is 53.4 Å². The number of hydrogen-bond acceptors (Lipinski definition) is 3. The van der Waals surface area contributed by atoms with Gasteiger partial charge in [-0.2, -0.15) is 0 Å². The van der Waals surface area contributed by atoms with Crippen LogP contribution < -0.4 is 0 Å². The summed E-state index contributed by atoms with van der Waals surface area (Å²) >= 11 is 1.79. The number of fused-ring (bicyclic) bond motifs is 2. The van der Waals surface area contributed by atoms with Crippen LogP contribution in [-0.4, -0.2) is 17.0 Å². The van der Waals surface area contributed by atoms with Crippen LogP contribution in [0.4, 0.5) is 0 Å². The Morgan fingerprint density at radius 2 is 1.89 bits per heavy atom. The van der Waals surface area contributed by atoms with Crippen LogP contribution >= 0.6 is 11.8 Å². The first kappa shape index (κ1) is 10.4. The van der Waals surface area contributed by atoms with Gasteiger partial charge < -0.3 is 4.74 Å². The molecule has 0 bridgehead atoms. The van der Waals surface area contributed by atoms with Crippen LogP contribution in [0.3, 0.4) is 0 Å². The van der Waals surface area contributed by atoms with E-state index in [9.17, 15) is 0 Å². The van der Waals surface area contributed by atoms with Crippen molar-refractivity contribution in [2.45, 2.75) is 10.3 Å². The fourth-order valence-electron chi connectivity index (χ4n) is 2.12. The third-order valence-corrected chi connectivity index (χ3v) is 4.23. The number of thioether (sulfide) groups is 1. The number of para-hydroxylation sites is 1. The lowest BCUT2D eigenvalue weighted by Gasteiger charge is -2.06. The summed E-state index contributed by atoms with van der Waals surface area (Å²) in [6.45, 7) is 0.863. The summed E-state index contributed by atoms with van der Waals surface area (Å²) in [6, 6.07) is 16.7. The molecule has 1 fully saturated rings. The largest absolute Gasteiger partial charge is 0.361 e. The van der Waals surface area contributed by atoms with E-state index in [1.807, 2.05) is 6.07 Å². The Hall–Kier alpha value is -1.58. The van der Waals surface area contributed by atoms with Gasteiger partial charge in [0.1, 0.15) is 5.44 Å². The molecule has 1 atom stereocenters. The maximum Gasteiger partial charge on any atom is 0.131 e. The number of aromatic nitrogens is 1. The van der Waals surface area contributed by atoms with Gasteiger partial charge in [0, 0.05) is 15.7 Å². The SMILES string of the molecule is c1ccc2nc3cccc(SC4CO4)c3cc2c1. The van der Waals surface area contributed by atoms with Crippen LogP contribution in [0.2, 0.25) is 0 Å². The Balaban J connectivity index is 1.98. The molecule has 1 unspecified atom stereocenters. The highest BCUT2D eigenvalue weighted by Gasteiger charge is 2.24. The van der Waals surface area contributed by atoms with Gasteiger partial charge in [-0.1, -0.05) is 36.0 Å². The molecule has 18 heavy (non-hydrogen) atoms. The number of nitrogens with zero attached hydrogens (tertiary/aromatic N) is 1. The quantitative estimate of drug-likeness (QED) is 0.512. The number of pyridine rings is 1. The van der Waals surface area contributed by atoms with Crippen molar-refractivity contribution >= 4 is 33.6 Å². The van der Waals surface area contributed by atoms with E-state index in [2.05, 4.69) is 42.5 Å². The highest BCUT2D eigenvalue weighted by Crippen LogP contribution is 2.36. The predicted molar refractivity (Wildman–Crippen MR) is 74.8 cm³/mol. The van der Waals surface area contributed by atoms with Crippen molar-refractivity contribution < 1.29 is 4.74 Å². The Kier molecular flexibility index (Phi) is 2.28. The third kappa shape index (κ3) is 1.76. The smallest absolute Gasteiger partial charge is 0.131 e. The number of benzene rings is 2. The van der Waals surface area contributed by atoms with E-state index in [4.69, 9.17) is 9.72 Å². The molecule has 2 nitrogen and oxygen atoms in total. The first-order valence-corrected chi connectivity index (χ1v) is 6.85. The molecule has 1 saturated heterocycles. The highest BCUT2D eigenvalue weighted by atomic mass is 32.2. The maximum atomic E-state index is 5.29. The van der Waals surface area contributed by atoms with E-state index in [1.54, 1.807) is 11.8 Å². The number of rotatable bonds is 2. The van der Waals surface area contributed by atoms with Gasteiger partial charge >= 0.3 is 0 Å². The van der Waals surface area contributed by atoms with Gasteiger partial charge in [-0.25, -0.2) is 4.98 Å². The lowest BCUT2D eigenvalue weighted by molar-refractivity contribution is 0.460. The van der Waals surface area contributed by atoms with Crippen LogP contribution in [0.25, 0.3) is 21.8 Å². The van der Waals surface area contributed by atoms with Gasteiger partial charge in [-0.3, -0.25) is 0 Å². The average molecular weight is 253 g/mol. The summed E-state index contributed by atoms with van der Waals surface area (Å²) in [7, 11) is 0. The zero-order chi connectivity index (χ0) is 11.9. The fourth-order valence-corrected chi connectivity index (χ4v) is 3.07. The molecule has 2 aromatic carbocycles. The minimum Gasteiger partial charge on any atom is -0.361 e. The average Bonchev–Trinajstić information content (AvgIpc) is 3.21. The third-order valence-electron chi connectivity index (χ3n) is 3.08. The molecule has 2 heterocycles. The van der Waals surface area contributed by atoms with Crippen LogP contribution in [0.1, 0.15) is 0 Å². The molecule has 4 rings (SSSR count). The first-order chi connectivity index (χ1) is 8.90. The molecule has 88 valence electrons. The monoisotopic (exact) mass is 253 g/mol. The second kappa shape index (κ2) is 3.97. The van der Waals surface area contributed by atoms with Crippen LogP contribution in [-0.2, 0) is 4.74 Å². The minimum absolute atomic E-state index is 0.335. The molecule has 1 aliphatic heterocycles. The van der Waals surface area contributed by atoms with Crippen molar-refractivity contribution in [3.8, 4) is 0 Å². The van der Waals surface area contributed by atoms with Crippen LogP contribution in [0.5, 0.6) is 0 Å². The number of hydrogen-bond donors (Lipinski definition) is 0. The van der Waals surface area contributed by atoms with Gasteiger partial charge in [0.25, 0.3) is 0 Å². The van der Waals surface area contributed by atoms with E-state index < -0.39 is 0 Å². The van der Waals surface area contributed by atoms with E-state index >= 15 is 0 Å². The molecule has 0 saturated carbocycles. The summed E-state index contributed by atoms with van der Waals surface area (Å²) in [5.74, 6) is 0. The number of ether oxygens (including phenoxy) is 1. The first-order valence-electron chi connectivity index (χ1n) is 5.97. The number of epoxide rings is 1. The summed E-state index contributed by atoms with van der Waals surface area (Å²) < 4.78 is 5.29. The Morgan fingerprint density at radius 1 is 1.06 bits per heavy atom. The Labute approximate surface area is 109 Å². The highest BCUT2D eigenvalue weighted by molar-refractivity contribution is 8.00. The van der Waals surface area contributed by atoms with Crippen molar-refractivity contribution in [3.63, 3.8) is 0 Å². The van der Waals surface area contributed by atoms with Crippen molar-refractivity contribution in [1.29, 1.82) is 0 Å². The van der Waals surface area contributed by atoms with Crippen molar-refractivity contribution in [1.82, 2.24) is 4.98 Å². The Bertz CT molecular complexity index is 737. The normalized spacial score (nSPS) is 18.3. The van der Waals surface area contributed by atoms with Gasteiger partial charge in [0.05, 0.1) is 17.6 Å². The standard InChI is InChI=1S/C15H11NOS/c1-2-5-12-10(4-1)8-11-13(16-12)6-3-7-14(11)18-15-9-17-15/h1-8,15H,9H2. The summed E-state index contributed by atoms with van der Waals surface area (Å²) in [5.41, 5.74) is 2.44. The summed E-state index contributed by atoms with van der Waals surface area (Å²) in [5, 5.41) is 2.41. The molecular formula is C15H11NOS. The van der Waals surface area contributed by atoms with Gasteiger partial charge in [-0.05, 0) is 24.3 Å². The summed E-state index contributed by atoms with van der Waals surface area (Å²) in [4.78, 5) is 5.97. The molecule has 1 aliphatic rings. The van der Waals surface area contributed by atoms with Crippen molar-refractivity contribution in [2.24, 2.45) is 0 Å². The second-order valence-corrected chi connectivity index (χ2v) is 5.59. The maximum absolute atomic E-state index is 5.29. The molecule has 3 heteroatoms. The molecule has 0 N–H and O–H groups in total. The van der Waals surface area contributed by atoms with Gasteiger partial charge in [-0.15, -0.1) is 0 Å². The van der Waals surface area contributed by atoms with Gasteiger partial charge in [0.15, 0.2) is 0 Å². The molecule has 0 radical (unpaired) electrons. The van der Waals surface area contributed by atoms with E-state index in [0.29, 0.717) is 5.44 Å². The van der Waals surface area contributed by atoms with E-state index in [0.717, 1.165) is 17.6 Å². The molecule has 3 aromatic rings. The van der Waals surface area contributed by atoms with Crippen LogP contribution in [0, 0.1) is 0 Å². The van der Waals surface area contributed by atoms with Crippen molar-refractivity contribution in [2.75, 3.05) is 6.61 Å². The molecule has 0 aliphatic carbocycles. The molecule has 1 aromatic heterocycles.